The van der Waals surface area contributed by atoms with Crippen LogP contribution in [-0.2, 0) is 16.9 Å². The summed E-state index contributed by atoms with van der Waals surface area (Å²) >= 11 is 0. The molecule has 0 spiro atoms. The number of ether oxygens (including phenoxy) is 1. The molecule has 21 heavy (non-hydrogen) atoms. The molecule has 1 N–H and O–H groups in total. The van der Waals surface area contributed by atoms with Crippen molar-refractivity contribution in [1.29, 1.82) is 0 Å². The van der Waals surface area contributed by atoms with Crippen molar-refractivity contribution in [2.45, 2.75) is 51.2 Å². The van der Waals surface area contributed by atoms with E-state index in [-0.39, 0.29) is 0 Å². The second-order valence-electron chi connectivity index (χ2n) is 7.46. The van der Waals surface area contributed by atoms with Crippen LogP contribution < -0.4 is 0 Å². The summed E-state index contributed by atoms with van der Waals surface area (Å²) in [4.78, 5) is 0. The van der Waals surface area contributed by atoms with E-state index in [9.17, 15) is 5.11 Å². The van der Waals surface area contributed by atoms with Crippen LogP contribution in [0.4, 0.5) is 0 Å². The van der Waals surface area contributed by atoms with Gasteiger partial charge in [0.1, 0.15) is 0 Å². The summed E-state index contributed by atoms with van der Waals surface area (Å²) in [6.45, 7) is 3.44. The second-order valence-corrected chi connectivity index (χ2v) is 7.46. The van der Waals surface area contributed by atoms with Gasteiger partial charge in [0.15, 0.2) is 0 Å². The van der Waals surface area contributed by atoms with Crippen LogP contribution in [-0.4, -0.2) is 11.7 Å². The van der Waals surface area contributed by atoms with E-state index in [0.717, 1.165) is 24.0 Å². The van der Waals surface area contributed by atoms with E-state index in [1.165, 1.54) is 37.7 Å². The summed E-state index contributed by atoms with van der Waals surface area (Å²) < 4.78 is 5.46. The van der Waals surface area contributed by atoms with Gasteiger partial charge in [0, 0.05) is 6.61 Å². The molecule has 2 nitrogen and oxygen atoms in total. The van der Waals surface area contributed by atoms with Crippen LogP contribution in [0, 0.1) is 23.7 Å². The minimum absolute atomic E-state index is 0.492. The molecular formula is C19H26O2. The Labute approximate surface area is 127 Å². The summed E-state index contributed by atoms with van der Waals surface area (Å²) in [5, 5.41) is 11.5. The summed E-state index contributed by atoms with van der Waals surface area (Å²) in [6, 6.07) is 8.56. The fourth-order valence-corrected chi connectivity index (χ4v) is 5.46. The van der Waals surface area contributed by atoms with E-state index in [2.05, 4.69) is 24.3 Å². The minimum atomic E-state index is -0.558. The lowest BCUT2D eigenvalue weighted by molar-refractivity contribution is -0.179. The second kappa shape index (κ2) is 5.10. The summed E-state index contributed by atoms with van der Waals surface area (Å²) in [5.74, 6) is 2.77. The maximum atomic E-state index is 11.5. The Kier molecular flexibility index (Phi) is 3.35. The maximum Gasteiger partial charge on any atom is 0.0952 e. The van der Waals surface area contributed by atoms with Gasteiger partial charge >= 0.3 is 0 Å². The molecule has 0 saturated heterocycles. The number of hydrogen-bond acceptors (Lipinski definition) is 2. The SMILES string of the molecule is CCOCc1ccc(C2(O)C3CC4CC(C3)CC2C4)cc1. The zero-order valence-corrected chi connectivity index (χ0v) is 12.9. The van der Waals surface area contributed by atoms with Gasteiger partial charge in [-0.05, 0) is 73.8 Å². The van der Waals surface area contributed by atoms with Crippen molar-refractivity contribution in [2.24, 2.45) is 23.7 Å². The molecule has 114 valence electrons. The molecule has 0 aromatic heterocycles. The molecule has 4 aliphatic carbocycles. The normalized spacial score (nSPS) is 40.7. The molecule has 4 fully saturated rings. The van der Waals surface area contributed by atoms with Crippen LogP contribution in [0.2, 0.25) is 0 Å². The highest BCUT2D eigenvalue weighted by atomic mass is 16.5. The van der Waals surface area contributed by atoms with Gasteiger partial charge in [-0.15, -0.1) is 0 Å². The monoisotopic (exact) mass is 286 g/mol. The van der Waals surface area contributed by atoms with Crippen molar-refractivity contribution in [1.82, 2.24) is 0 Å². The molecule has 2 heteroatoms. The molecule has 4 aliphatic rings. The number of hydrogen-bond donors (Lipinski definition) is 1. The highest BCUT2D eigenvalue weighted by Gasteiger charge is 2.57. The lowest BCUT2D eigenvalue weighted by Crippen LogP contribution is -2.55. The summed E-state index contributed by atoms with van der Waals surface area (Å²) in [7, 11) is 0. The van der Waals surface area contributed by atoms with Crippen molar-refractivity contribution < 1.29 is 9.84 Å². The van der Waals surface area contributed by atoms with Crippen LogP contribution in [0.15, 0.2) is 24.3 Å². The quantitative estimate of drug-likeness (QED) is 0.910. The lowest BCUT2D eigenvalue weighted by atomic mass is 9.48. The number of aliphatic hydroxyl groups is 1. The first-order chi connectivity index (χ1) is 10.2. The molecule has 0 radical (unpaired) electrons. The Bertz CT molecular complexity index is 477. The molecule has 0 unspecified atom stereocenters. The predicted molar refractivity (Wildman–Crippen MR) is 82.7 cm³/mol. The average Bonchev–Trinajstić information content (AvgIpc) is 2.50. The largest absolute Gasteiger partial charge is 0.385 e. The van der Waals surface area contributed by atoms with E-state index in [1.54, 1.807) is 0 Å². The van der Waals surface area contributed by atoms with Crippen LogP contribution in [0.3, 0.4) is 0 Å². The number of rotatable bonds is 4. The summed E-state index contributed by atoms with van der Waals surface area (Å²) in [6.07, 6.45) is 6.39. The first-order valence-electron chi connectivity index (χ1n) is 8.59. The summed E-state index contributed by atoms with van der Waals surface area (Å²) in [5.41, 5.74) is 1.79. The predicted octanol–water partition coefficient (Wildman–Crippen LogP) is 3.87. The Hall–Kier alpha value is -0.860. The molecule has 4 saturated carbocycles. The molecule has 0 atom stereocenters. The van der Waals surface area contributed by atoms with Crippen LogP contribution in [0.25, 0.3) is 0 Å². The van der Waals surface area contributed by atoms with Gasteiger partial charge in [0.25, 0.3) is 0 Å². The van der Waals surface area contributed by atoms with Crippen molar-refractivity contribution in [3.05, 3.63) is 35.4 Å². The minimum Gasteiger partial charge on any atom is -0.385 e. The van der Waals surface area contributed by atoms with Crippen molar-refractivity contribution >= 4 is 0 Å². The zero-order chi connectivity index (χ0) is 14.4. The fourth-order valence-electron chi connectivity index (χ4n) is 5.46. The first-order valence-corrected chi connectivity index (χ1v) is 8.59. The smallest absolute Gasteiger partial charge is 0.0952 e. The van der Waals surface area contributed by atoms with Crippen LogP contribution >= 0.6 is 0 Å². The number of benzene rings is 1. The van der Waals surface area contributed by atoms with Crippen LogP contribution in [0.1, 0.15) is 50.2 Å². The van der Waals surface area contributed by atoms with Gasteiger partial charge in [-0.1, -0.05) is 24.3 Å². The molecular weight excluding hydrogens is 260 g/mol. The standard InChI is InChI=1S/C19H26O2/c1-2-21-12-13-3-5-16(6-4-13)19(20)17-8-14-7-15(10-17)11-18(19)9-14/h3-6,14-15,17-18,20H,2,7-12H2,1H3. The maximum absolute atomic E-state index is 11.5. The van der Waals surface area contributed by atoms with E-state index in [4.69, 9.17) is 4.74 Å². The third-order valence-corrected chi connectivity index (χ3v) is 6.27. The Morgan fingerprint density at radius 3 is 2.10 bits per heavy atom. The first kappa shape index (κ1) is 13.8. The third kappa shape index (κ3) is 2.15. The van der Waals surface area contributed by atoms with E-state index in [0.29, 0.717) is 18.4 Å². The van der Waals surface area contributed by atoms with Gasteiger partial charge in [-0.2, -0.15) is 0 Å². The van der Waals surface area contributed by atoms with E-state index < -0.39 is 5.60 Å². The van der Waals surface area contributed by atoms with Gasteiger partial charge in [0.2, 0.25) is 0 Å². The Balaban J connectivity index is 1.60. The fraction of sp³-hybridized carbons (Fsp3) is 0.684. The van der Waals surface area contributed by atoms with Gasteiger partial charge in [-0.3, -0.25) is 0 Å². The molecule has 0 heterocycles. The molecule has 1 aromatic rings. The lowest BCUT2D eigenvalue weighted by Gasteiger charge is -2.59. The molecule has 0 amide bonds. The van der Waals surface area contributed by atoms with E-state index >= 15 is 0 Å². The van der Waals surface area contributed by atoms with Gasteiger partial charge in [0.05, 0.1) is 12.2 Å². The van der Waals surface area contributed by atoms with Crippen molar-refractivity contribution in [2.75, 3.05) is 6.61 Å². The van der Waals surface area contributed by atoms with Crippen LogP contribution in [0.5, 0.6) is 0 Å². The highest BCUT2D eigenvalue weighted by molar-refractivity contribution is 5.30. The highest BCUT2D eigenvalue weighted by Crippen LogP contribution is 2.61. The Morgan fingerprint density at radius 1 is 1.00 bits per heavy atom. The topological polar surface area (TPSA) is 29.5 Å². The molecule has 1 aromatic carbocycles. The van der Waals surface area contributed by atoms with Crippen molar-refractivity contribution in [3.8, 4) is 0 Å². The molecule has 0 aliphatic heterocycles. The van der Waals surface area contributed by atoms with Gasteiger partial charge < -0.3 is 9.84 Å². The average molecular weight is 286 g/mol. The molecule has 4 bridgehead atoms. The third-order valence-electron chi connectivity index (χ3n) is 6.27. The molecule has 5 rings (SSSR count). The van der Waals surface area contributed by atoms with E-state index in [1.807, 2.05) is 6.92 Å². The zero-order valence-electron chi connectivity index (χ0n) is 12.9. The Morgan fingerprint density at radius 2 is 1.57 bits per heavy atom. The van der Waals surface area contributed by atoms with Gasteiger partial charge in [-0.25, -0.2) is 0 Å². The van der Waals surface area contributed by atoms with Crippen molar-refractivity contribution in [3.63, 3.8) is 0 Å².